The molecule has 180 valence electrons. The lowest BCUT2D eigenvalue weighted by Gasteiger charge is -2.56. The zero-order chi connectivity index (χ0) is 25.5. The average Bonchev–Trinajstić information content (AvgIpc) is 2.90. The second-order valence-electron chi connectivity index (χ2n) is 8.22. The molecule has 0 bridgehead atoms. The second kappa shape index (κ2) is 8.87. The monoisotopic (exact) mass is 540 g/mol. The van der Waals surface area contributed by atoms with Crippen LogP contribution in [0.5, 0.6) is 0 Å². The first kappa shape index (κ1) is 25.1. The third kappa shape index (κ3) is 3.59. The molecule has 4 rings (SSSR count). The quantitative estimate of drug-likeness (QED) is 0.274. The lowest BCUT2D eigenvalue weighted by molar-refractivity contribution is -0.333. The largest absolute Gasteiger partial charge is 0.376 e. The summed E-state index contributed by atoms with van der Waals surface area (Å²) in [5.74, 6) is -3.95. The molecule has 1 aliphatic rings. The molecule has 0 amide bonds. The number of Topliss-reactive ketones (excluding diaryl/α,β-unsaturated/α-hetero) is 3. The molecule has 1 heterocycles. The number of hydrogen-bond donors (Lipinski definition) is 4. The molecule has 8 nitrogen and oxygen atoms in total. The number of halogens is 1. The van der Waals surface area contributed by atoms with Gasteiger partial charge in [-0.25, -0.2) is 0 Å². The predicted octanol–water partition coefficient (Wildman–Crippen LogP) is 1.90. The maximum Gasteiger partial charge on any atom is 0.265 e. The Labute approximate surface area is 208 Å². The first-order valence-corrected chi connectivity index (χ1v) is 11.3. The van der Waals surface area contributed by atoms with E-state index in [9.17, 15) is 34.8 Å². The van der Waals surface area contributed by atoms with Crippen LogP contribution in [0, 0.1) is 0 Å². The van der Waals surface area contributed by atoms with E-state index in [1.165, 1.54) is 72.8 Å². The Kier molecular flexibility index (Phi) is 6.35. The van der Waals surface area contributed by atoms with Crippen LogP contribution in [0.2, 0.25) is 0 Å². The molecular weight excluding hydrogens is 520 g/mol. The fourth-order valence-electron chi connectivity index (χ4n) is 4.24. The maximum absolute atomic E-state index is 13.9. The van der Waals surface area contributed by atoms with Gasteiger partial charge in [0.15, 0.2) is 11.4 Å². The number of carbonyl (C=O) groups is 3. The number of benzene rings is 3. The molecular formula is C26H21BrO8. The molecule has 0 saturated carbocycles. The minimum Gasteiger partial charge on any atom is -0.376 e. The van der Waals surface area contributed by atoms with E-state index in [1.807, 2.05) is 0 Å². The highest BCUT2D eigenvalue weighted by molar-refractivity contribution is 9.10. The molecule has 0 aliphatic carbocycles. The van der Waals surface area contributed by atoms with Gasteiger partial charge in [-0.1, -0.05) is 91.0 Å². The molecule has 1 fully saturated rings. The zero-order valence-corrected chi connectivity index (χ0v) is 19.8. The Balaban J connectivity index is 2.03. The van der Waals surface area contributed by atoms with Crippen molar-refractivity contribution in [3.63, 3.8) is 0 Å². The van der Waals surface area contributed by atoms with Crippen LogP contribution < -0.4 is 0 Å². The number of ether oxygens (including phenoxy) is 1. The fourth-order valence-corrected chi connectivity index (χ4v) is 4.82. The molecule has 0 spiro atoms. The van der Waals surface area contributed by atoms with Crippen molar-refractivity contribution >= 4 is 33.3 Å². The van der Waals surface area contributed by atoms with Gasteiger partial charge in [-0.05, 0) is 15.9 Å². The summed E-state index contributed by atoms with van der Waals surface area (Å²) >= 11 is 2.71. The van der Waals surface area contributed by atoms with Crippen LogP contribution in [0.3, 0.4) is 0 Å². The standard InChI is InChI=1S/C26H21BrO8/c27-26(34)25(33,22(30)19-14-8-3-9-15-19)24(32,21(29)18-12-6-2-7-13-18)23(31,16-35-26)20(28)17-10-4-1-5-11-17/h1-15,31-34H,16H2/t23-,24+,25-,26?/m1/s1. The van der Waals surface area contributed by atoms with Crippen LogP contribution in [0.1, 0.15) is 31.1 Å². The average molecular weight is 541 g/mol. The summed E-state index contributed by atoms with van der Waals surface area (Å²) in [5.41, 5.74) is -11.0. The van der Waals surface area contributed by atoms with Gasteiger partial charge in [0, 0.05) is 16.7 Å². The van der Waals surface area contributed by atoms with E-state index in [0.717, 1.165) is 0 Å². The van der Waals surface area contributed by atoms with E-state index in [1.54, 1.807) is 18.2 Å². The van der Waals surface area contributed by atoms with Gasteiger partial charge >= 0.3 is 0 Å². The Hall–Kier alpha value is -3.05. The minimum atomic E-state index is -3.61. The Bertz CT molecular complexity index is 1260. The summed E-state index contributed by atoms with van der Waals surface area (Å²) in [7, 11) is 0. The van der Waals surface area contributed by atoms with Gasteiger partial charge < -0.3 is 25.2 Å². The van der Waals surface area contributed by atoms with Crippen LogP contribution in [0.25, 0.3) is 0 Å². The molecule has 4 N–H and O–H groups in total. The first-order valence-electron chi connectivity index (χ1n) is 10.5. The number of aliphatic hydroxyl groups is 4. The fraction of sp³-hybridized carbons (Fsp3) is 0.192. The van der Waals surface area contributed by atoms with Crippen molar-refractivity contribution < 1.29 is 39.5 Å². The third-order valence-corrected chi connectivity index (χ3v) is 6.98. The van der Waals surface area contributed by atoms with Crippen molar-refractivity contribution in [1.82, 2.24) is 0 Å². The van der Waals surface area contributed by atoms with E-state index in [-0.39, 0.29) is 16.7 Å². The number of alkyl halides is 1. The topological polar surface area (TPSA) is 141 Å². The lowest BCUT2D eigenvalue weighted by Crippen LogP contribution is -2.86. The van der Waals surface area contributed by atoms with Gasteiger partial charge in [-0.3, -0.25) is 14.4 Å². The number of carbonyl (C=O) groups excluding carboxylic acids is 3. The van der Waals surface area contributed by atoms with E-state index < -0.39 is 45.5 Å². The lowest BCUT2D eigenvalue weighted by atomic mass is 9.60. The predicted molar refractivity (Wildman–Crippen MR) is 127 cm³/mol. The first-order chi connectivity index (χ1) is 16.5. The van der Waals surface area contributed by atoms with Crippen molar-refractivity contribution in [2.75, 3.05) is 6.61 Å². The van der Waals surface area contributed by atoms with E-state index in [4.69, 9.17) is 4.74 Å². The summed E-state index contributed by atoms with van der Waals surface area (Å²) in [6, 6.07) is 21.2. The summed E-state index contributed by atoms with van der Waals surface area (Å²) < 4.78 is 2.11. The molecule has 9 heteroatoms. The summed E-state index contributed by atoms with van der Waals surface area (Å²) in [5, 5.41) is 46.7. The van der Waals surface area contributed by atoms with Crippen molar-refractivity contribution in [3.8, 4) is 0 Å². The van der Waals surface area contributed by atoms with Gasteiger partial charge in [-0.15, -0.1) is 0 Å². The summed E-state index contributed by atoms with van der Waals surface area (Å²) in [6.07, 6.45) is 0. The normalized spacial score (nSPS) is 30.4. The van der Waals surface area contributed by atoms with Crippen LogP contribution in [0.15, 0.2) is 91.0 Å². The highest BCUT2D eigenvalue weighted by Gasteiger charge is 2.81. The summed E-state index contributed by atoms with van der Waals surface area (Å²) in [6.45, 7) is -1.14. The molecule has 1 aliphatic heterocycles. The minimum absolute atomic E-state index is 0.132. The van der Waals surface area contributed by atoms with Crippen LogP contribution in [-0.2, 0) is 4.74 Å². The van der Waals surface area contributed by atoms with Gasteiger partial charge in [0.1, 0.15) is 0 Å². The van der Waals surface area contributed by atoms with Gasteiger partial charge in [-0.2, -0.15) is 0 Å². The van der Waals surface area contributed by atoms with Crippen LogP contribution >= 0.6 is 15.9 Å². The van der Waals surface area contributed by atoms with Crippen molar-refractivity contribution in [3.05, 3.63) is 108 Å². The Morgan fingerprint density at radius 2 is 0.943 bits per heavy atom. The molecule has 0 radical (unpaired) electrons. The molecule has 1 saturated heterocycles. The van der Waals surface area contributed by atoms with E-state index in [2.05, 4.69) is 15.9 Å². The number of hydrogen-bond acceptors (Lipinski definition) is 8. The molecule has 4 atom stereocenters. The maximum atomic E-state index is 13.9. The van der Waals surface area contributed by atoms with Crippen LogP contribution in [0.4, 0.5) is 0 Å². The third-order valence-electron chi connectivity index (χ3n) is 6.18. The molecule has 0 aromatic heterocycles. The Morgan fingerprint density at radius 3 is 1.34 bits per heavy atom. The zero-order valence-electron chi connectivity index (χ0n) is 18.2. The van der Waals surface area contributed by atoms with Crippen molar-refractivity contribution in [2.24, 2.45) is 0 Å². The highest BCUT2D eigenvalue weighted by atomic mass is 79.9. The smallest absolute Gasteiger partial charge is 0.265 e. The van der Waals surface area contributed by atoms with Gasteiger partial charge in [0.2, 0.25) is 22.8 Å². The Morgan fingerprint density at radius 1 is 0.600 bits per heavy atom. The van der Waals surface area contributed by atoms with Crippen LogP contribution in [-0.4, -0.2) is 65.9 Å². The van der Waals surface area contributed by atoms with Crippen molar-refractivity contribution in [2.45, 2.75) is 21.5 Å². The molecule has 3 aromatic rings. The van der Waals surface area contributed by atoms with E-state index >= 15 is 0 Å². The number of ketones is 3. The molecule has 1 unspecified atom stereocenters. The van der Waals surface area contributed by atoms with E-state index in [0.29, 0.717) is 0 Å². The molecule has 35 heavy (non-hydrogen) atoms. The highest BCUT2D eigenvalue weighted by Crippen LogP contribution is 2.52. The van der Waals surface area contributed by atoms with Gasteiger partial charge in [0.25, 0.3) is 4.70 Å². The van der Waals surface area contributed by atoms with Gasteiger partial charge in [0.05, 0.1) is 6.61 Å². The molecule has 3 aromatic carbocycles. The number of rotatable bonds is 6. The van der Waals surface area contributed by atoms with Crippen molar-refractivity contribution in [1.29, 1.82) is 0 Å². The SMILES string of the molecule is O=C(c1ccccc1)[C@]1(O)[C@](O)(C(=O)c2ccccc2)COC(O)(Br)[C@@]1(O)C(=O)c1ccccc1. The summed E-state index contributed by atoms with van der Waals surface area (Å²) in [4.78, 5) is 41.1. The second-order valence-corrected chi connectivity index (χ2v) is 9.29.